The standard InChI is InChI=1S/C37H35N3/c1-35(2,3)24-21-25(36(4,5)6)23-26(22-24)40-31-17-11-13-27-29-15-7-9-19-38(29)37(33(27)31)34-28(14-12-18-32(34)40)30-16-8-10-20-39(30)37/h7-23H,1-6H3/q+2. The molecule has 0 unspecified atom stereocenters. The van der Waals surface area contributed by atoms with Crippen molar-refractivity contribution in [3.63, 3.8) is 0 Å². The van der Waals surface area contributed by atoms with Gasteiger partial charge in [0.1, 0.15) is 11.1 Å². The Balaban J connectivity index is 1.54. The predicted molar refractivity (Wildman–Crippen MR) is 161 cm³/mol. The molecule has 0 bridgehead atoms. The molecule has 196 valence electrons. The Kier molecular flexibility index (Phi) is 4.42. The summed E-state index contributed by atoms with van der Waals surface area (Å²) in [5, 5.41) is 0. The number of rotatable bonds is 1. The third-order valence-electron chi connectivity index (χ3n) is 9.14. The Morgan fingerprint density at radius 2 is 1.02 bits per heavy atom. The topological polar surface area (TPSA) is 11.0 Å². The first-order chi connectivity index (χ1) is 19.1. The van der Waals surface area contributed by atoms with Gasteiger partial charge in [-0.05, 0) is 70.5 Å². The molecule has 8 rings (SSSR count). The van der Waals surface area contributed by atoms with Crippen LogP contribution in [0.25, 0.3) is 22.5 Å². The molecule has 0 amide bonds. The molecule has 2 aromatic heterocycles. The van der Waals surface area contributed by atoms with Crippen LogP contribution in [0.1, 0.15) is 63.8 Å². The summed E-state index contributed by atoms with van der Waals surface area (Å²) in [4.78, 5) is 2.54. The lowest BCUT2D eigenvalue weighted by molar-refractivity contribution is -0.955. The average molecular weight is 522 g/mol. The molecule has 1 spiro atoms. The molecule has 3 aliphatic heterocycles. The summed E-state index contributed by atoms with van der Waals surface area (Å²) in [7, 11) is 0. The summed E-state index contributed by atoms with van der Waals surface area (Å²) in [6.45, 7) is 13.9. The van der Waals surface area contributed by atoms with Crippen LogP contribution in [-0.4, -0.2) is 0 Å². The van der Waals surface area contributed by atoms with E-state index in [1.165, 1.54) is 61.8 Å². The molecular formula is C37H35N3+2. The Morgan fingerprint density at radius 3 is 1.48 bits per heavy atom. The highest BCUT2D eigenvalue weighted by atomic mass is 15.3. The maximum absolute atomic E-state index is 2.54. The van der Waals surface area contributed by atoms with Crippen molar-refractivity contribution in [3.05, 3.63) is 126 Å². The molecule has 3 aromatic carbocycles. The lowest BCUT2D eigenvalue weighted by Gasteiger charge is -2.36. The van der Waals surface area contributed by atoms with Gasteiger partial charge < -0.3 is 4.90 Å². The quantitative estimate of drug-likeness (QED) is 0.200. The summed E-state index contributed by atoms with van der Waals surface area (Å²) in [5.74, 6) is 0. The van der Waals surface area contributed by atoms with Gasteiger partial charge in [-0.1, -0.05) is 59.7 Å². The van der Waals surface area contributed by atoms with Crippen molar-refractivity contribution in [2.75, 3.05) is 4.90 Å². The largest absolute Gasteiger partial charge is 0.421 e. The first kappa shape index (κ1) is 23.6. The lowest BCUT2D eigenvalue weighted by atomic mass is 9.79. The summed E-state index contributed by atoms with van der Waals surface area (Å²) in [6, 6.07) is 34.2. The summed E-state index contributed by atoms with van der Waals surface area (Å²) in [6.07, 6.45) is 4.53. The Morgan fingerprint density at radius 1 is 0.550 bits per heavy atom. The average Bonchev–Trinajstić information content (AvgIpc) is 3.41. The maximum atomic E-state index is 2.54. The van der Waals surface area contributed by atoms with E-state index < -0.39 is 5.66 Å². The van der Waals surface area contributed by atoms with Crippen LogP contribution in [0.4, 0.5) is 17.1 Å². The molecule has 3 aliphatic rings. The Bertz CT molecular complexity index is 1750. The van der Waals surface area contributed by atoms with Crippen LogP contribution >= 0.6 is 0 Å². The smallest absolute Gasteiger partial charge is 0.309 e. The van der Waals surface area contributed by atoms with Crippen LogP contribution in [0.15, 0.2) is 103 Å². The zero-order chi connectivity index (χ0) is 27.6. The zero-order valence-corrected chi connectivity index (χ0v) is 24.2. The lowest BCUT2D eigenvalue weighted by Crippen LogP contribution is -2.72. The van der Waals surface area contributed by atoms with Gasteiger partial charge in [-0.3, -0.25) is 0 Å². The van der Waals surface area contributed by atoms with Crippen molar-refractivity contribution in [2.24, 2.45) is 0 Å². The van der Waals surface area contributed by atoms with Gasteiger partial charge in [0.25, 0.3) is 0 Å². The van der Waals surface area contributed by atoms with Crippen LogP contribution in [0.5, 0.6) is 0 Å². The third-order valence-corrected chi connectivity index (χ3v) is 9.14. The second-order valence-corrected chi connectivity index (χ2v) is 13.6. The third kappa shape index (κ3) is 2.80. The highest BCUT2D eigenvalue weighted by Gasteiger charge is 2.70. The van der Waals surface area contributed by atoms with Gasteiger partial charge in [0, 0.05) is 30.0 Å². The van der Waals surface area contributed by atoms with E-state index in [0.29, 0.717) is 0 Å². The van der Waals surface area contributed by atoms with Crippen LogP contribution in [0.3, 0.4) is 0 Å². The van der Waals surface area contributed by atoms with E-state index >= 15 is 0 Å². The minimum absolute atomic E-state index is 0.0327. The van der Waals surface area contributed by atoms with Crippen molar-refractivity contribution in [3.8, 4) is 22.5 Å². The SMILES string of the molecule is CC(C)(C)c1cc(N2c3cccc4c3C3(c5c(cccc52)-c2cccc[n+]23)[n+]2ccccc2-4)cc(C(C)(C)C)c1. The number of fused-ring (bicyclic) bond motifs is 4. The fourth-order valence-electron chi connectivity index (χ4n) is 7.24. The first-order valence-corrected chi connectivity index (χ1v) is 14.4. The molecule has 0 saturated heterocycles. The minimum atomic E-state index is -0.462. The van der Waals surface area contributed by atoms with Crippen LogP contribution in [-0.2, 0) is 16.5 Å². The number of anilines is 3. The molecule has 40 heavy (non-hydrogen) atoms. The van der Waals surface area contributed by atoms with Gasteiger partial charge in [-0.15, -0.1) is 9.13 Å². The molecule has 5 heterocycles. The molecule has 5 aromatic rings. The van der Waals surface area contributed by atoms with Crippen molar-refractivity contribution < 1.29 is 9.13 Å². The van der Waals surface area contributed by atoms with Crippen LogP contribution in [0, 0.1) is 0 Å². The molecular weight excluding hydrogens is 486 g/mol. The number of aromatic nitrogens is 2. The van der Waals surface area contributed by atoms with E-state index in [4.69, 9.17) is 0 Å². The van der Waals surface area contributed by atoms with E-state index in [1.54, 1.807) is 0 Å². The van der Waals surface area contributed by atoms with Crippen LogP contribution < -0.4 is 14.0 Å². The monoisotopic (exact) mass is 521 g/mol. The molecule has 0 aliphatic carbocycles. The fourth-order valence-corrected chi connectivity index (χ4v) is 7.24. The predicted octanol–water partition coefficient (Wildman–Crippen LogP) is 7.90. The Labute approximate surface area is 237 Å². The van der Waals surface area contributed by atoms with E-state index in [2.05, 4.69) is 159 Å². The number of benzene rings is 3. The van der Waals surface area contributed by atoms with Crippen molar-refractivity contribution in [1.29, 1.82) is 0 Å². The van der Waals surface area contributed by atoms with Crippen LogP contribution in [0.2, 0.25) is 0 Å². The number of hydrogen-bond acceptors (Lipinski definition) is 1. The molecule has 0 saturated carbocycles. The maximum Gasteiger partial charge on any atom is 0.421 e. The van der Waals surface area contributed by atoms with Crippen molar-refractivity contribution in [2.45, 2.75) is 58.0 Å². The van der Waals surface area contributed by atoms with Gasteiger partial charge in [0.05, 0.1) is 22.5 Å². The first-order valence-electron chi connectivity index (χ1n) is 14.4. The second kappa shape index (κ2) is 7.48. The van der Waals surface area contributed by atoms with E-state index in [-0.39, 0.29) is 10.8 Å². The van der Waals surface area contributed by atoms with Gasteiger partial charge in [0.15, 0.2) is 12.4 Å². The summed E-state index contributed by atoms with van der Waals surface area (Å²) in [5.41, 5.74) is 13.9. The van der Waals surface area contributed by atoms with Gasteiger partial charge in [-0.2, -0.15) is 0 Å². The van der Waals surface area contributed by atoms with Crippen molar-refractivity contribution >= 4 is 17.1 Å². The number of hydrogen-bond donors (Lipinski definition) is 0. The number of pyridine rings is 2. The van der Waals surface area contributed by atoms with Gasteiger partial charge >= 0.3 is 5.66 Å². The highest BCUT2D eigenvalue weighted by molar-refractivity contribution is 5.94. The van der Waals surface area contributed by atoms with E-state index in [9.17, 15) is 0 Å². The normalized spacial score (nSPS) is 15.4. The zero-order valence-electron chi connectivity index (χ0n) is 24.2. The second-order valence-electron chi connectivity index (χ2n) is 13.6. The van der Waals surface area contributed by atoms with E-state index in [0.717, 1.165) is 0 Å². The summed E-state index contributed by atoms with van der Waals surface area (Å²) >= 11 is 0. The van der Waals surface area contributed by atoms with Crippen molar-refractivity contribution in [1.82, 2.24) is 0 Å². The molecule has 3 heteroatoms. The van der Waals surface area contributed by atoms with E-state index in [1.807, 2.05) is 0 Å². The fraction of sp³-hybridized carbons (Fsp3) is 0.243. The molecule has 0 radical (unpaired) electrons. The minimum Gasteiger partial charge on any atom is -0.309 e. The molecule has 3 nitrogen and oxygen atoms in total. The van der Waals surface area contributed by atoms with Gasteiger partial charge in [0.2, 0.25) is 11.4 Å². The summed E-state index contributed by atoms with van der Waals surface area (Å²) < 4.78 is 5.01. The molecule has 0 fully saturated rings. The Hall–Kier alpha value is -4.24. The number of nitrogens with zero attached hydrogens (tertiary/aromatic N) is 3. The van der Waals surface area contributed by atoms with Gasteiger partial charge in [-0.25, -0.2) is 0 Å². The highest BCUT2D eigenvalue weighted by Crippen LogP contribution is 2.59. The molecule has 0 atom stereocenters. The molecule has 0 N–H and O–H groups in total.